The molecular weight excluding hydrogens is 352 g/mol. The second kappa shape index (κ2) is 7.51. The van der Waals surface area contributed by atoms with E-state index < -0.39 is 0 Å². The molecule has 8 heteroatoms. The molecule has 7 nitrogen and oxygen atoms in total. The Morgan fingerprint density at radius 3 is 1.62 bits per heavy atom. The second-order valence-electron chi connectivity index (χ2n) is 5.54. The number of para-hydroxylation sites is 4. The topological polar surface area (TPSA) is 123 Å². The van der Waals surface area contributed by atoms with Crippen molar-refractivity contribution in [2.75, 3.05) is 11.5 Å². The van der Waals surface area contributed by atoms with Crippen LogP contribution in [-0.4, -0.2) is 48.5 Å². The van der Waals surface area contributed by atoms with Crippen LogP contribution < -0.4 is 0 Å². The number of aromatic nitrogens is 4. The number of nitrogens with zero attached hydrogens (tertiary/aromatic N) is 2. The lowest BCUT2D eigenvalue weighted by molar-refractivity contribution is 0.101. The average Bonchev–Trinajstić information content (AvgIpc) is 3.25. The van der Waals surface area contributed by atoms with Gasteiger partial charge in [-0.1, -0.05) is 24.3 Å². The van der Waals surface area contributed by atoms with Gasteiger partial charge in [-0.2, -0.15) is 0 Å². The highest BCUT2D eigenvalue weighted by atomic mass is 32.2. The van der Waals surface area contributed by atoms with Crippen LogP contribution in [0.5, 0.6) is 0 Å². The van der Waals surface area contributed by atoms with E-state index in [2.05, 4.69) is 19.9 Å². The maximum atomic E-state index is 12.2. The van der Waals surface area contributed by atoms with Gasteiger partial charge in [0.05, 0.1) is 33.6 Å². The van der Waals surface area contributed by atoms with Crippen molar-refractivity contribution in [3.8, 4) is 0 Å². The standard InChI is InChI=1S/C18H14N4O2S.H2O/c23-15(17-19-11-5-1-2-6-12(11)20-17)9-25-10-16(24)18-21-13-7-3-4-8-14(13)22-18;/h1-8H,9-10H2,(H,19,20)(H,21,22);1H2. The minimum absolute atomic E-state index is 0. The van der Waals surface area contributed by atoms with Crippen LogP contribution in [0, 0.1) is 0 Å². The minimum atomic E-state index is -0.126. The summed E-state index contributed by atoms with van der Waals surface area (Å²) in [5.74, 6) is 0.768. The molecule has 2 aromatic heterocycles. The number of aromatic amines is 2. The summed E-state index contributed by atoms with van der Waals surface area (Å²) in [5.41, 5.74) is 3.17. The van der Waals surface area contributed by atoms with Gasteiger partial charge in [0.15, 0.2) is 11.6 Å². The number of ketones is 2. The van der Waals surface area contributed by atoms with Gasteiger partial charge in [-0.25, -0.2) is 9.97 Å². The number of Topliss-reactive ketones (excluding diaryl/α,β-unsaturated/α-hetero) is 2. The molecule has 0 amide bonds. The van der Waals surface area contributed by atoms with Gasteiger partial charge in [0.1, 0.15) is 0 Å². The number of hydrogen-bond donors (Lipinski definition) is 2. The zero-order valence-corrected chi connectivity index (χ0v) is 14.5. The Kier molecular flexibility index (Phi) is 5.15. The fourth-order valence-electron chi connectivity index (χ4n) is 2.54. The van der Waals surface area contributed by atoms with Crippen LogP contribution in [-0.2, 0) is 0 Å². The van der Waals surface area contributed by atoms with Crippen LogP contribution in [0.2, 0.25) is 0 Å². The van der Waals surface area contributed by atoms with Crippen LogP contribution >= 0.6 is 11.8 Å². The summed E-state index contributed by atoms with van der Waals surface area (Å²) in [6.45, 7) is 0. The lowest BCUT2D eigenvalue weighted by Gasteiger charge is -1.97. The van der Waals surface area contributed by atoms with Gasteiger partial charge in [-0.15, -0.1) is 11.8 Å². The van der Waals surface area contributed by atoms with Crippen LogP contribution in [0.15, 0.2) is 48.5 Å². The maximum absolute atomic E-state index is 12.2. The molecule has 0 fully saturated rings. The fourth-order valence-corrected chi connectivity index (χ4v) is 3.29. The predicted molar refractivity (Wildman–Crippen MR) is 102 cm³/mol. The van der Waals surface area contributed by atoms with Gasteiger partial charge in [-0.05, 0) is 24.3 Å². The lowest BCUT2D eigenvalue weighted by atomic mass is 10.3. The molecule has 0 unspecified atom stereocenters. The zero-order valence-electron chi connectivity index (χ0n) is 13.7. The van der Waals surface area contributed by atoms with E-state index in [1.807, 2.05) is 48.5 Å². The second-order valence-corrected chi connectivity index (χ2v) is 6.53. The Balaban J connectivity index is 0.00000196. The van der Waals surface area contributed by atoms with E-state index in [1.165, 1.54) is 11.8 Å². The number of carbonyl (C=O) groups excluding carboxylic acids is 2. The molecule has 0 aliphatic carbocycles. The lowest BCUT2D eigenvalue weighted by Crippen LogP contribution is -2.09. The normalized spacial score (nSPS) is 10.8. The first-order valence-corrected chi connectivity index (χ1v) is 8.90. The van der Waals surface area contributed by atoms with Crippen molar-refractivity contribution < 1.29 is 15.1 Å². The van der Waals surface area contributed by atoms with Gasteiger partial charge < -0.3 is 15.4 Å². The Labute approximate surface area is 152 Å². The van der Waals surface area contributed by atoms with Gasteiger partial charge in [-0.3, -0.25) is 9.59 Å². The number of thioether (sulfide) groups is 1. The average molecular weight is 368 g/mol. The first kappa shape index (κ1) is 17.8. The summed E-state index contributed by atoms with van der Waals surface area (Å²) in [5, 5.41) is 0. The molecule has 26 heavy (non-hydrogen) atoms. The van der Waals surface area contributed by atoms with Crippen molar-refractivity contribution in [3.63, 3.8) is 0 Å². The number of fused-ring (bicyclic) bond motifs is 2. The summed E-state index contributed by atoms with van der Waals surface area (Å²) in [6, 6.07) is 15.0. The Morgan fingerprint density at radius 1 is 0.769 bits per heavy atom. The van der Waals surface area contributed by atoms with Crippen LogP contribution in [0.1, 0.15) is 21.2 Å². The van der Waals surface area contributed by atoms with Gasteiger partial charge in [0.25, 0.3) is 0 Å². The fraction of sp³-hybridized carbons (Fsp3) is 0.111. The summed E-state index contributed by atoms with van der Waals surface area (Å²) >= 11 is 1.26. The van der Waals surface area contributed by atoms with Crippen LogP contribution in [0.25, 0.3) is 22.1 Å². The molecule has 2 heterocycles. The number of hydrogen-bond acceptors (Lipinski definition) is 5. The van der Waals surface area contributed by atoms with Crippen LogP contribution in [0.3, 0.4) is 0 Å². The minimum Gasteiger partial charge on any atom is -0.412 e. The summed E-state index contributed by atoms with van der Waals surface area (Å²) in [7, 11) is 0. The molecular formula is C18H16N4O3S. The van der Waals surface area contributed by atoms with E-state index in [1.54, 1.807) is 0 Å². The summed E-state index contributed by atoms with van der Waals surface area (Å²) in [6.07, 6.45) is 0. The van der Waals surface area contributed by atoms with Gasteiger partial charge in [0.2, 0.25) is 11.6 Å². The molecule has 0 radical (unpaired) electrons. The molecule has 0 saturated heterocycles. The highest BCUT2D eigenvalue weighted by Gasteiger charge is 2.15. The van der Waals surface area contributed by atoms with Gasteiger partial charge >= 0.3 is 0 Å². The number of rotatable bonds is 6. The molecule has 0 atom stereocenters. The Hall–Kier alpha value is -2.97. The van der Waals surface area contributed by atoms with E-state index in [0.29, 0.717) is 11.6 Å². The van der Waals surface area contributed by atoms with E-state index in [0.717, 1.165) is 22.1 Å². The quantitative estimate of drug-likeness (QED) is 0.506. The first-order valence-electron chi connectivity index (χ1n) is 7.74. The first-order chi connectivity index (χ1) is 12.2. The SMILES string of the molecule is O.O=C(CSCC(=O)c1nc2ccccc2[nH]1)c1nc2ccccc2[nH]1. The van der Waals surface area contributed by atoms with Crippen molar-refractivity contribution in [2.45, 2.75) is 0 Å². The third kappa shape index (κ3) is 3.51. The van der Waals surface area contributed by atoms with Crippen molar-refractivity contribution in [3.05, 3.63) is 60.2 Å². The van der Waals surface area contributed by atoms with E-state index in [-0.39, 0.29) is 28.5 Å². The van der Waals surface area contributed by atoms with Gasteiger partial charge in [0, 0.05) is 0 Å². The number of H-pyrrole nitrogens is 2. The molecule has 4 N–H and O–H groups in total. The number of benzene rings is 2. The molecule has 0 saturated carbocycles. The molecule has 4 aromatic rings. The third-order valence-electron chi connectivity index (χ3n) is 3.77. The largest absolute Gasteiger partial charge is 0.412 e. The Morgan fingerprint density at radius 2 is 1.19 bits per heavy atom. The molecule has 4 rings (SSSR count). The molecule has 132 valence electrons. The highest BCUT2D eigenvalue weighted by Crippen LogP contribution is 2.15. The number of carbonyl (C=O) groups is 2. The molecule has 0 spiro atoms. The van der Waals surface area contributed by atoms with Crippen molar-refractivity contribution in [2.24, 2.45) is 0 Å². The van der Waals surface area contributed by atoms with E-state index in [9.17, 15) is 9.59 Å². The Bertz CT molecular complexity index is 934. The smallest absolute Gasteiger partial charge is 0.207 e. The summed E-state index contributed by atoms with van der Waals surface area (Å²) < 4.78 is 0. The predicted octanol–water partition coefficient (Wildman–Crippen LogP) is 2.41. The van der Waals surface area contributed by atoms with Crippen molar-refractivity contribution in [1.29, 1.82) is 0 Å². The molecule has 2 aromatic carbocycles. The van der Waals surface area contributed by atoms with E-state index >= 15 is 0 Å². The van der Waals surface area contributed by atoms with Crippen molar-refractivity contribution in [1.82, 2.24) is 19.9 Å². The molecule has 0 bridgehead atoms. The molecule has 0 aliphatic rings. The monoisotopic (exact) mass is 368 g/mol. The molecule has 0 aliphatic heterocycles. The number of imidazole rings is 2. The number of nitrogens with one attached hydrogen (secondary N) is 2. The zero-order chi connectivity index (χ0) is 17.2. The van der Waals surface area contributed by atoms with E-state index in [4.69, 9.17) is 0 Å². The third-order valence-corrected chi connectivity index (χ3v) is 4.71. The maximum Gasteiger partial charge on any atom is 0.207 e. The van der Waals surface area contributed by atoms with Crippen molar-refractivity contribution >= 4 is 45.4 Å². The highest BCUT2D eigenvalue weighted by molar-refractivity contribution is 8.00. The summed E-state index contributed by atoms with van der Waals surface area (Å²) in [4.78, 5) is 39.0. The van der Waals surface area contributed by atoms with Crippen LogP contribution in [0.4, 0.5) is 0 Å².